The molecule has 158 valence electrons. The first-order valence-corrected chi connectivity index (χ1v) is 9.39. The molecule has 3 rings (SSSR count). The Morgan fingerprint density at radius 1 is 1.03 bits per heavy atom. The number of hydrogen-bond acceptors (Lipinski definition) is 7. The van der Waals surface area contributed by atoms with Gasteiger partial charge in [-0.1, -0.05) is 0 Å². The molecule has 1 aromatic carbocycles. The summed E-state index contributed by atoms with van der Waals surface area (Å²) < 4.78 is 14.6. The van der Waals surface area contributed by atoms with E-state index in [-0.39, 0.29) is 40.3 Å². The zero-order chi connectivity index (χ0) is 21.7. The molecule has 0 spiro atoms. The van der Waals surface area contributed by atoms with Crippen molar-refractivity contribution in [3.8, 4) is 0 Å². The molecule has 1 fully saturated rings. The number of piperidine rings is 1. The van der Waals surface area contributed by atoms with E-state index in [0.29, 0.717) is 25.9 Å². The highest BCUT2D eigenvalue weighted by Crippen LogP contribution is 2.24. The molecule has 9 nitrogen and oxygen atoms in total. The maximum absolute atomic E-state index is 12.8. The van der Waals surface area contributed by atoms with Crippen molar-refractivity contribution < 1.29 is 33.1 Å². The highest BCUT2D eigenvalue weighted by molar-refractivity contribution is 6.04. The van der Waals surface area contributed by atoms with Crippen molar-refractivity contribution in [2.24, 2.45) is 5.92 Å². The largest absolute Gasteiger partial charge is 0.465 e. The molecule has 2 aromatic rings. The van der Waals surface area contributed by atoms with Gasteiger partial charge in [0, 0.05) is 19.0 Å². The number of furan rings is 1. The van der Waals surface area contributed by atoms with Gasteiger partial charge in [-0.3, -0.25) is 9.59 Å². The lowest BCUT2D eigenvalue weighted by Crippen LogP contribution is -2.41. The Kier molecular flexibility index (Phi) is 6.51. The highest BCUT2D eigenvalue weighted by Gasteiger charge is 2.29. The van der Waals surface area contributed by atoms with Crippen molar-refractivity contribution >= 4 is 29.4 Å². The van der Waals surface area contributed by atoms with Crippen molar-refractivity contribution in [3.05, 3.63) is 53.5 Å². The van der Waals surface area contributed by atoms with Gasteiger partial charge in [0.2, 0.25) is 5.91 Å². The molecule has 2 heterocycles. The van der Waals surface area contributed by atoms with Crippen molar-refractivity contribution in [1.82, 2.24) is 4.90 Å². The van der Waals surface area contributed by atoms with Crippen LogP contribution >= 0.6 is 0 Å². The maximum Gasteiger partial charge on any atom is 0.339 e. The fourth-order valence-corrected chi connectivity index (χ4v) is 3.32. The minimum Gasteiger partial charge on any atom is -0.465 e. The van der Waals surface area contributed by atoms with Crippen LogP contribution in [0, 0.1) is 5.92 Å². The van der Waals surface area contributed by atoms with Crippen molar-refractivity contribution in [2.45, 2.75) is 12.8 Å². The second kappa shape index (κ2) is 9.25. The molecule has 0 saturated carbocycles. The SMILES string of the molecule is COC(=O)c1ccc(C(=O)OC)c(NC(=O)C2CCN(C(=O)c3ccco3)CC2)c1. The molecule has 1 saturated heterocycles. The van der Waals surface area contributed by atoms with Gasteiger partial charge in [-0.2, -0.15) is 0 Å². The Bertz CT molecular complexity index is 944. The van der Waals surface area contributed by atoms with E-state index < -0.39 is 11.9 Å². The smallest absolute Gasteiger partial charge is 0.339 e. The lowest BCUT2D eigenvalue weighted by atomic mass is 9.95. The number of hydrogen-bond donors (Lipinski definition) is 1. The summed E-state index contributed by atoms with van der Waals surface area (Å²) in [7, 11) is 2.47. The van der Waals surface area contributed by atoms with Crippen molar-refractivity contribution in [3.63, 3.8) is 0 Å². The third kappa shape index (κ3) is 4.51. The summed E-state index contributed by atoms with van der Waals surface area (Å²) in [5.41, 5.74) is 0.493. The van der Waals surface area contributed by atoms with E-state index in [1.54, 1.807) is 17.0 Å². The Morgan fingerprint density at radius 3 is 2.33 bits per heavy atom. The van der Waals surface area contributed by atoms with Crippen molar-refractivity contribution in [2.75, 3.05) is 32.6 Å². The van der Waals surface area contributed by atoms with Crippen molar-refractivity contribution in [1.29, 1.82) is 0 Å². The average Bonchev–Trinajstić information content (AvgIpc) is 3.32. The Morgan fingerprint density at radius 2 is 1.73 bits per heavy atom. The van der Waals surface area contributed by atoms with Crippen LogP contribution in [0.5, 0.6) is 0 Å². The molecule has 0 aliphatic carbocycles. The summed E-state index contributed by atoms with van der Waals surface area (Å²) in [6, 6.07) is 7.45. The number of likely N-dealkylation sites (tertiary alicyclic amines) is 1. The normalized spacial score (nSPS) is 14.1. The highest BCUT2D eigenvalue weighted by atomic mass is 16.5. The molecule has 0 bridgehead atoms. The van der Waals surface area contributed by atoms with Gasteiger partial charge in [0.1, 0.15) is 0 Å². The number of nitrogens with one attached hydrogen (secondary N) is 1. The number of carbonyl (C=O) groups is 4. The van der Waals surface area contributed by atoms with Crippen LogP contribution in [0.1, 0.15) is 44.1 Å². The lowest BCUT2D eigenvalue weighted by molar-refractivity contribution is -0.121. The van der Waals surface area contributed by atoms with E-state index in [9.17, 15) is 19.2 Å². The number of amides is 2. The van der Waals surface area contributed by atoms with E-state index in [1.165, 1.54) is 38.7 Å². The van der Waals surface area contributed by atoms with Gasteiger partial charge in [0.15, 0.2) is 5.76 Å². The number of anilines is 1. The summed E-state index contributed by atoms with van der Waals surface area (Å²) in [5, 5.41) is 2.72. The van der Waals surface area contributed by atoms with E-state index >= 15 is 0 Å². The number of ether oxygens (including phenoxy) is 2. The molecular weight excluding hydrogens is 392 g/mol. The fraction of sp³-hybridized carbons (Fsp3) is 0.333. The average molecular weight is 414 g/mol. The molecule has 1 aliphatic rings. The van der Waals surface area contributed by atoms with Crippen LogP contribution in [0.15, 0.2) is 41.0 Å². The molecule has 0 unspecified atom stereocenters. The van der Waals surface area contributed by atoms with Gasteiger partial charge < -0.3 is 24.1 Å². The first-order chi connectivity index (χ1) is 14.4. The monoisotopic (exact) mass is 414 g/mol. The molecule has 1 N–H and O–H groups in total. The minimum absolute atomic E-state index is 0.129. The van der Waals surface area contributed by atoms with Gasteiger partial charge in [-0.15, -0.1) is 0 Å². The Hall–Kier alpha value is -3.62. The third-order valence-corrected chi connectivity index (χ3v) is 4.99. The molecule has 9 heteroatoms. The second-order valence-electron chi connectivity index (χ2n) is 6.78. The van der Waals surface area contributed by atoms with E-state index in [0.717, 1.165) is 0 Å². The molecule has 1 aromatic heterocycles. The van der Waals surface area contributed by atoms with E-state index in [4.69, 9.17) is 13.9 Å². The lowest BCUT2D eigenvalue weighted by Gasteiger charge is -2.30. The molecule has 1 aliphatic heterocycles. The van der Waals surface area contributed by atoms with Crippen LogP contribution in [0.3, 0.4) is 0 Å². The molecule has 30 heavy (non-hydrogen) atoms. The number of rotatable bonds is 5. The van der Waals surface area contributed by atoms with E-state index in [1.807, 2.05) is 0 Å². The first kappa shape index (κ1) is 21.1. The minimum atomic E-state index is -0.638. The van der Waals surface area contributed by atoms with E-state index in [2.05, 4.69) is 5.32 Å². The van der Waals surface area contributed by atoms with Crippen LogP contribution in [0.4, 0.5) is 5.69 Å². The predicted octanol–water partition coefficient (Wildman–Crippen LogP) is 2.34. The second-order valence-corrected chi connectivity index (χ2v) is 6.78. The van der Waals surface area contributed by atoms with Gasteiger partial charge in [-0.25, -0.2) is 9.59 Å². The van der Waals surface area contributed by atoms with Crippen LogP contribution in [-0.2, 0) is 14.3 Å². The van der Waals surface area contributed by atoms with Crippen LogP contribution in [0.25, 0.3) is 0 Å². The third-order valence-electron chi connectivity index (χ3n) is 4.99. The standard InChI is InChI=1S/C21H22N2O7/c1-28-20(26)14-5-6-15(21(27)29-2)16(12-14)22-18(24)13-7-9-23(10-8-13)19(25)17-4-3-11-30-17/h3-6,11-13H,7-10H2,1-2H3,(H,22,24). The zero-order valence-electron chi connectivity index (χ0n) is 16.7. The number of esters is 2. The number of methoxy groups -OCH3 is 2. The number of nitrogens with zero attached hydrogens (tertiary/aromatic N) is 1. The molecule has 0 atom stereocenters. The topological polar surface area (TPSA) is 115 Å². The first-order valence-electron chi connectivity index (χ1n) is 9.39. The van der Waals surface area contributed by atoms with Gasteiger partial charge in [0.05, 0.1) is 37.3 Å². The quantitative estimate of drug-likeness (QED) is 0.747. The summed E-state index contributed by atoms with van der Waals surface area (Å²) in [5.74, 6) is -1.82. The summed E-state index contributed by atoms with van der Waals surface area (Å²) in [6.45, 7) is 0.813. The zero-order valence-corrected chi connectivity index (χ0v) is 16.7. The maximum atomic E-state index is 12.8. The molecule has 2 amide bonds. The van der Waals surface area contributed by atoms with Gasteiger partial charge in [0.25, 0.3) is 5.91 Å². The molecule has 0 radical (unpaired) electrons. The summed E-state index contributed by atoms with van der Waals surface area (Å²) in [6.07, 6.45) is 2.36. The number of benzene rings is 1. The van der Waals surface area contributed by atoms with Gasteiger partial charge >= 0.3 is 11.9 Å². The van der Waals surface area contributed by atoms with Crippen LogP contribution in [-0.4, -0.2) is 56.0 Å². The van der Waals surface area contributed by atoms with Crippen LogP contribution < -0.4 is 5.32 Å². The summed E-state index contributed by atoms with van der Waals surface area (Å²) in [4.78, 5) is 50.6. The molecular formula is C21H22N2O7. The van der Waals surface area contributed by atoms with Crippen LogP contribution in [0.2, 0.25) is 0 Å². The Balaban J connectivity index is 1.69. The number of carbonyl (C=O) groups excluding carboxylic acids is 4. The summed E-state index contributed by atoms with van der Waals surface area (Å²) >= 11 is 0. The Labute approximate surface area is 172 Å². The fourth-order valence-electron chi connectivity index (χ4n) is 3.32. The van der Waals surface area contributed by atoms with Gasteiger partial charge in [-0.05, 0) is 43.2 Å². The predicted molar refractivity (Wildman–Crippen MR) is 105 cm³/mol.